The number of hydrogen-bond donors (Lipinski definition) is 2. The van der Waals surface area contributed by atoms with Crippen LogP contribution in [0.5, 0.6) is 0 Å². The van der Waals surface area contributed by atoms with Gasteiger partial charge >= 0.3 is 0 Å². The van der Waals surface area contributed by atoms with Gasteiger partial charge in [-0.05, 0) is 41.3 Å². The second-order valence-electron chi connectivity index (χ2n) is 6.74. The molecule has 2 aliphatic heterocycles. The van der Waals surface area contributed by atoms with Gasteiger partial charge in [0.2, 0.25) is 5.91 Å². The zero-order valence-corrected chi connectivity index (χ0v) is 14.6. The van der Waals surface area contributed by atoms with E-state index in [0.29, 0.717) is 6.54 Å². The molecule has 5 nitrogen and oxygen atoms in total. The molecule has 132 valence electrons. The lowest BCUT2D eigenvalue weighted by Crippen LogP contribution is -2.31. The van der Waals surface area contributed by atoms with Crippen molar-refractivity contribution in [2.75, 3.05) is 18.4 Å². The molecule has 0 aromatic heterocycles. The molecule has 2 aromatic rings. The van der Waals surface area contributed by atoms with Gasteiger partial charge in [0.15, 0.2) is 6.29 Å². The molecule has 0 bridgehead atoms. The highest BCUT2D eigenvalue weighted by Gasteiger charge is 2.29. The first-order chi connectivity index (χ1) is 12.7. The molecule has 0 radical (unpaired) electrons. The number of benzene rings is 2. The molecular weight excluding hydrogens is 324 g/mol. The van der Waals surface area contributed by atoms with Crippen LogP contribution in [0.4, 0.5) is 5.69 Å². The molecular formula is C21H22N4O. The summed E-state index contributed by atoms with van der Waals surface area (Å²) < 4.78 is 0. The van der Waals surface area contributed by atoms with Gasteiger partial charge in [0.1, 0.15) is 0 Å². The van der Waals surface area contributed by atoms with E-state index in [1.165, 1.54) is 11.6 Å². The van der Waals surface area contributed by atoms with Gasteiger partial charge < -0.3 is 10.2 Å². The lowest BCUT2D eigenvalue weighted by atomic mass is 9.89. The van der Waals surface area contributed by atoms with E-state index in [9.17, 15) is 4.79 Å². The number of anilines is 1. The molecule has 0 aliphatic carbocycles. The summed E-state index contributed by atoms with van der Waals surface area (Å²) in [5.41, 5.74) is 11.6. The van der Waals surface area contributed by atoms with E-state index in [-0.39, 0.29) is 11.8 Å². The molecule has 3 N–H and O–H groups in total. The maximum atomic E-state index is 12.0. The second-order valence-corrected chi connectivity index (χ2v) is 6.74. The summed E-state index contributed by atoms with van der Waals surface area (Å²) in [6.45, 7) is 5.05. The predicted octanol–water partition coefficient (Wildman–Crippen LogP) is 2.94. The van der Waals surface area contributed by atoms with E-state index >= 15 is 0 Å². The highest BCUT2D eigenvalue weighted by atomic mass is 16.2. The first-order valence-electron chi connectivity index (χ1n) is 8.85. The van der Waals surface area contributed by atoms with Gasteiger partial charge in [-0.25, -0.2) is 0 Å². The summed E-state index contributed by atoms with van der Waals surface area (Å²) in [7, 11) is 0. The van der Waals surface area contributed by atoms with Gasteiger partial charge in [-0.2, -0.15) is 0 Å². The van der Waals surface area contributed by atoms with Gasteiger partial charge in [0.05, 0.1) is 0 Å². The molecule has 26 heavy (non-hydrogen) atoms. The number of carbonyl (C=O) groups excluding carboxylic acids is 1. The predicted molar refractivity (Wildman–Crippen MR) is 105 cm³/mol. The SMILES string of the molecule is C=CC(=O)N1CCC(c2cc(-c3ccccc3)cc3c2NC(N)N=C3)C1. The van der Waals surface area contributed by atoms with Crippen molar-refractivity contribution in [2.24, 2.45) is 10.7 Å². The second kappa shape index (κ2) is 6.77. The van der Waals surface area contributed by atoms with Crippen molar-refractivity contribution in [2.45, 2.75) is 18.6 Å². The van der Waals surface area contributed by atoms with Crippen LogP contribution in [0.15, 0.2) is 60.1 Å². The fourth-order valence-corrected chi connectivity index (χ4v) is 3.76. The standard InChI is InChI=1S/C21H22N4O/c1-2-19(26)25-9-8-15(13-25)18-11-16(14-6-4-3-5-7-14)10-17-12-23-21(22)24-20(17)18/h2-7,10-12,15,21,24H,1,8-9,13,22H2. The normalized spacial score (nSPS) is 21.2. The number of nitrogens with zero attached hydrogens (tertiary/aromatic N) is 2. The molecule has 1 fully saturated rings. The van der Waals surface area contributed by atoms with Crippen LogP contribution < -0.4 is 11.1 Å². The Bertz CT molecular complexity index is 875. The maximum Gasteiger partial charge on any atom is 0.245 e. The number of aliphatic imine (C=N–C) groups is 1. The molecule has 4 rings (SSSR count). The Labute approximate surface area is 153 Å². The third kappa shape index (κ3) is 3.02. The lowest BCUT2D eigenvalue weighted by molar-refractivity contribution is -0.125. The number of nitrogens with one attached hydrogen (secondary N) is 1. The minimum atomic E-state index is -0.434. The first-order valence-corrected chi connectivity index (χ1v) is 8.85. The van der Waals surface area contributed by atoms with Gasteiger partial charge in [-0.3, -0.25) is 15.5 Å². The van der Waals surface area contributed by atoms with Crippen LogP contribution in [0.1, 0.15) is 23.5 Å². The van der Waals surface area contributed by atoms with Crippen LogP contribution >= 0.6 is 0 Å². The van der Waals surface area contributed by atoms with E-state index in [4.69, 9.17) is 5.73 Å². The topological polar surface area (TPSA) is 70.7 Å². The van der Waals surface area contributed by atoms with Crippen molar-refractivity contribution in [1.82, 2.24) is 4.90 Å². The summed E-state index contributed by atoms with van der Waals surface area (Å²) in [5, 5.41) is 3.30. The summed E-state index contributed by atoms with van der Waals surface area (Å²) in [6, 6.07) is 14.7. The molecule has 1 amide bonds. The largest absolute Gasteiger partial charge is 0.351 e. The van der Waals surface area contributed by atoms with Gasteiger partial charge in [0.25, 0.3) is 0 Å². The number of hydrogen-bond acceptors (Lipinski definition) is 4. The van der Waals surface area contributed by atoms with Crippen molar-refractivity contribution in [1.29, 1.82) is 0 Å². The maximum absolute atomic E-state index is 12.0. The summed E-state index contributed by atoms with van der Waals surface area (Å²) in [4.78, 5) is 18.1. The lowest BCUT2D eigenvalue weighted by Gasteiger charge is -2.25. The van der Waals surface area contributed by atoms with Gasteiger partial charge in [0, 0.05) is 36.5 Å². The third-order valence-electron chi connectivity index (χ3n) is 5.09. The van der Waals surface area contributed by atoms with Gasteiger partial charge in [-0.1, -0.05) is 36.9 Å². The van der Waals surface area contributed by atoms with Crippen LogP contribution in [0.25, 0.3) is 11.1 Å². The number of amides is 1. The van der Waals surface area contributed by atoms with Crippen LogP contribution in [-0.4, -0.2) is 36.4 Å². The number of fused-ring (bicyclic) bond motifs is 1. The molecule has 2 unspecified atom stereocenters. The minimum Gasteiger partial charge on any atom is -0.351 e. The molecule has 2 heterocycles. The zero-order chi connectivity index (χ0) is 18.1. The Morgan fingerprint density at radius 3 is 2.85 bits per heavy atom. The average Bonchev–Trinajstić information content (AvgIpc) is 3.17. The Balaban J connectivity index is 1.77. The fraction of sp³-hybridized carbons (Fsp3) is 0.238. The van der Waals surface area contributed by atoms with Gasteiger partial charge in [-0.15, -0.1) is 0 Å². The van der Waals surface area contributed by atoms with Crippen LogP contribution in [0.3, 0.4) is 0 Å². The Kier molecular flexibility index (Phi) is 4.31. The van der Waals surface area contributed by atoms with E-state index in [0.717, 1.165) is 35.3 Å². The quantitative estimate of drug-likeness (QED) is 0.840. The highest BCUT2D eigenvalue weighted by Crippen LogP contribution is 2.38. The van der Waals surface area contributed by atoms with Crippen LogP contribution in [0.2, 0.25) is 0 Å². The Hall–Kier alpha value is -2.92. The number of carbonyl (C=O) groups is 1. The van der Waals surface area contributed by atoms with Crippen molar-refractivity contribution < 1.29 is 4.79 Å². The number of nitrogens with two attached hydrogens (primary N) is 1. The molecule has 1 saturated heterocycles. The average molecular weight is 346 g/mol. The molecule has 2 atom stereocenters. The third-order valence-corrected chi connectivity index (χ3v) is 5.09. The van der Waals surface area contributed by atoms with Crippen molar-refractivity contribution in [3.8, 4) is 11.1 Å². The summed E-state index contributed by atoms with van der Waals surface area (Å²) in [5.74, 6) is 0.259. The van der Waals surface area contributed by atoms with E-state index in [1.54, 1.807) is 0 Å². The summed E-state index contributed by atoms with van der Waals surface area (Å²) in [6.07, 6.45) is 3.72. The highest BCUT2D eigenvalue weighted by molar-refractivity contribution is 5.94. The zero-order valence-electron chi connectivity index (χ0n) is 14.6. The van der Waals surface area contributed by atoms with Crippen molar-refractivity contribution >= 4 is 17.8 Å². The van der Waals surface area contributed by atoms with Crippen molar-refractivity contribution in [3.05, 3.63) is 66.2 Å². The smallest absolute Gasteiger partial charge is 0.245 e. The molecule has 5 heteroatoms. The molecule has 0 spiro atoms. The minimum absolute atomic E-state index is 0.00759. The number of rotatable bonds is 3. The fourth-order valence-electron chi connectivity index (χ4n) is 3.76. The first kappa shape index (κ1) is 16.5. The Morgan fingerprint density at radius 1 is 1.27 bits per heavy atom. The molecule has 2 aromatic carbocycles. The Morgan fingerprint density at radius 2 is 2.08 bits per heavy atom. The van der Waals surface area contributed by atoms with Crippen LogP contribution in [-0.2, 0) is 4.79 Å². The molecule has 0 saturated carbocycles. The van der Waals surface area contributed by atoms with Crippen LogP contribution in [0, 0.1) is 0 Å². The van der Waals surface area contributed by atoms with Crippen molar-refractivity contribution in [3.63, 3.8) is 0 Å². The van der Waals surface area contributed by atoms with E-state index in [1.807, 2.05) is 29.3 Å². The van der Waals surface area contributed by atoms with E-state index < -0.39 is 6.29 Å². The number of likely N-dealkylation sites (tertiary alicyclic amines) is 1. The monoisotopic (exact) mass is 346 g/mol. The molecule has 2 aliphatic rings. The summed E-state index contributed by atoms with van der Waals surface area (Å²) >= 11 is 0. The van der Waals surface area contributed by atoms with E-state index in [2.05, 4.69) is 41.2 Å².